The lowest BCUT2D eigenvalue weighted by Crippen LogP contribution is -2.52. The van der Waals surface area contributed by atoms with Crippen molar-refractivity contribution in [3.8, 4) is 11.3 Å². The Morgan fingerprint density at radius 3 is 2.36 bits per heavy atom. The van der Waals surface area contributed by atoms with Gasteiger partial charge < -0.3 is 19.9 Å². The third-order valence-corrected chi connectivity index (χ3v) is 7.35. The van der Waals surface area contributed by atoms with Gasteiger partial charge in [-0.2, -0.15) is 0 Å². The highest BCUT2D eigenvalue weighted by Gasteiger charge is 2.30. The molecule has 3 rings (SSSR count). The minimum absolute atomic E-state index is 0.0336. The molecule has 0 aliphatic carbocycles. The van der Waals surface area contributed by atoms with Crippen LogP contribution in [-0.2, 0) is 9.53 Å². The van der Waals surface area contributed by atoms with Gasteiger partial charge in [0.05, 0.1) is 17.8 Å². The number of esters is 1. The monoisotopic (exact) mass is 472 g/mol. The summed E-state index contributed by atoms with van der Waals surface area (Å²) in [5.41, 5.74) is 3.38. The molecular formula is C25H36N4O3S. The molecule has 1 unspecified atom stereocenters. The van der Waals surface area contributed by atoms with Crippen molar-refractivity contribution in [2.75, 3.05) is 38.2 Å². The second kappa shape index (κ2) is 11.5. The van der Waals surface area contributed by atoms with Gasteiger partial charge in [0.25, 0.3) is 0 Å². The van der Waals surface area contributed by atoms with E-state index in [-0.39, 0.29) is 11.9 Å². The first kappa shape index (κ1) is 25.0. The molecule has 8 heteroatoms. The van der Waals surface area contributed by atoms with E-state index in [0.717, 1.165) is 42.2 Å². The molecule has 1 aliphatic heterocycles. The molecule has 7 nitrogen and oxygen atoms in total. The van der Waals surface area contributed by atoms with E-state index >= 15 is 0 Å². The van der Waals surface area contributed by atoms with E-state index in [4.69, 9.17) is 9.72 Å². The summed E-state index contributed by atoms with van der Waals surface area (Å²) < 4.78 is 4.82. The summed E-state index contributed by atoms with van der Waals surface area (Å²) in [6.07, 6.45) is 1.73. The number of urea groups is 1. The predicted octanol–water partition coefficient (Wildman–Crippen LogP) is 4.74. The lowest BCUT2D eigenvalue weighted by atomic mass is 9.97. The Morgan fingerprint density at radius 2 is 1.82 bits per heavy atom. The third-order valence-electron chi connectivity index (χ3n) is 6.35. The number of thiazole rings is 1. The van der Waals surface area contributed by atoms with E-state index in [2.05, 4.69) is 53.7 Å². The molecule has 33 heavy (non-hydrogen) atoms. The molecule has 0 spiro atoms. The highest BCUT2D eigenvalue weighted by Crippen LogP contribution is 2.33. The molecule has 0 saturated carbocycles. The van der Waals surface area contributed by atoms with Crippen LogP contribution < -0.4 is 10.2 Å². The number of likely N-dealkylation sites (tertiary alicyclic amines) is 1. The lowest BCUT2D eigenvalue weighted by molar-refractivity contribution is -0.144. The zero-order valence-corrected chi connectivity index (χ0v) is 21.2. The number of nitrogens with one attached hydrogen (secondary N) is 1. The fraction of sp³-hybridized carbons (Fsp3) is 0.560. The van der Waals surface area contributed by atoms with Crippen molar-refractivity contribution in [1.82, 2.24) is 15.2 Å². The molecular weight excluding hydrogens is 436 g/mol. The van der Waals surface area contributed by atoms with Gasteiger partial charge in [-0.1, -0.05) is 26.0 Å². The van der Waals surface area contributed by atoms with Gasteiger partial charge in [-0.05, 0) is 44.7 Å². The van der Waals surface area contributed by atoms with Crippen LogP contribution in [0.3, 0.4) is 0 Å². The number of hydrogen-bond acceptors (Lipinski definition) is 6. The molecule has 1 N–H and O–H groups in total. The number of piperidine rings is 1. The van der Waals surface area contributed by atoms with Gasteiger partial charge in [-0.25, -0.2) is 14.6 Å². The van der Waals surface area contributed by atoms with Crippen LogP contribution in [0.5, 0.6) is 0 Å². The molecule has 0 bridgehead atoms. The van der Waals surface area contributed by atoms with Crippen LogP contribution in [0.15, 0.2) is 29.6 Å². The molecule has 1 atom stereocenters. The Bertz CT molecular complexity index is 916. The molecule has 1 aromatic heterocycles. The van der Waals surface area contributed by atoms with Crippen molar-refractivity contribution >= 4 is 29.0 Å². The zero-order valence-electron chi connectivity index (χ0n) is 20.3. The highest BCUT2D eigenvalue weighted by atomic mass is 32.1. The van der Waals surface area contributed by atoms with Crippen LogP contribution in [-0.4, -0.2) is 61.2 Å². The number of ether oxygens (including phenoxy) is 1. The summed E-state index contributed by atoms with van der Waals surface area (Å²) in [4.78, 5) is 33.7. The molecule has 2 amide bonds. The maximum absolute atomic E-state index is 12.7. The number of carbonyl (C=O) groups excluding carboxylic acids is 2. The summed E-state index contributed by atoms with van der Waals surface area (Å²) in [6.45, 7) is 11.4. The maximum atomic E-state index is 12.7. The molecule has 1 fully saturated rings. The average molecular weight is 473 g/mol. The third kappa shape index (κ3) is 6.05. The van der Waals surface area contributed by atoms with Gasteiger partial charge in [0.1, 0.15) is 6.04 Å². The fourth-order valence-electron chi connectivity index (χ4n) is 4.22. The van der Waals surface area contributed by atoms with Crippen LogP contribution in [0.25, 0.3) is 11.3 Å². The smallest absolute Gasteiger partial charge is 0.328 e. The Kier molecular flexibility index (Phi) is 8.72. The van der Waals surface area contributed by atoms with Crippen molar-refractivity contribution in [3.63, 3.8) is 0 Å². The average Bonchev–Trinajstić information content (AvgIpc) is 3.33. The van der Waals surface area contributed by atoms with Crippen molar-refractivity contribution in [3.05, 3.63) is 34.7 Å². The normalized spacial score (nSPS) is 15.4. The Hall–Kier alpha value is -2.61. The van der Waals surface area contributed by atoms with Gasteiger partial charge in [0.2, 0.25) is 0 Å². The van der Waals surface area contributed by atoms with Crippen LogP contribution in [0.2, 0.25) is 0 Å². The van der Waals surface area contributed by atoms with Crippen LogP contribution >= 0.6 is 11.3 Å². The van der Waals surface area contributed by atoms with Gasteiger partial charge in [0, 0.05) is 48.7 Å². The van der Waals surface area contributed by atoms with E-state index in [1.165, 1.54) is 12.8 Å². The SMILES string of the molecule is CCN(CC)c1ccc(-c2csc(C3CCN(C(=O)NC(C(=O)OC)C(C)C)CC3)n2)cc1. The van der Waals surface area contributed by atoms with Crippen LogP contribution in [0.1, 0.15) is 51.5 Å². The van der Waals surface area contributed by atoms with Gasteiger partial charge in [0.15, 0.2) is 0 Å². The summed E-state index contributed by atoms with van der Waals surface area (Å²) >= 11 is 1.70. The van der Waals surface area contributed by atoms with Gasteiger partial charge in [-0.15, -0.1) is 11.3 Å². The van der Waals surface area contributed by atoms with E-state index < -0.39 is 12.0 Å². The number of methoxy groups -OCH3 is 1. The number of anilines is 1. The Morgan fingerprint density at radius 1 is 1.18 bits per heavy atom. The Balaban J connectivity index is 1.57. The standard InChI is InChI=1S/C25H36N4O3S/c1-6-28(7-2)20-10-8-18(9-11-20)21-16-33-23(26-21)19-12-14-29(15-13-19)25(31)27-22(17(3)4)24(30)32-5/h8-11,16-17,19,22H,6-7,12-15H2,1-5H3,(H,27,31). The van der Waals surface area contributed by atoms with Crippen LogP contribution in [0, 0.1) is 5.92 Å². The number of rotatable bonds is 8. The second-order valence-corrected chi connectivity index (χ2v) is 9.64. The second-order valence-electron chi connectivity index (χ2n) is 8.75. The van der Waals surface area contributed by atoms with Crippen LogP contribution in [0.4, 0.5) is 10.5 Å². The molecule has 2 heterocycles. The van der Waals surface area contributed by atoms with Gasteiger partial charge >= 0.3 is 12.0 Å². The van der Waals surface area contributed by atoms with E-state index in [1.807, 2.05) is 13.8 Å². The molecule has 0 radical (unpaired) electrons. The zero-order chi connectivity index (χ0) is 24.0. The first-order valence-corrected chi connectivity index (χ1v) is 12.7. The fourth-order valence-corrected chi connectivity index (χ4v) is 5.22. The minimum Gasteiger partial charge on any atom is -0.467 e. The number of amides is 2. The number of aromatic nitrogens is 1. The summed E-state index contributed by atoms with van der Waals surface area (Å²) in [5, 5.41) is 6.10. The highest BCUT2D eigenvalue weighted by molar-refractivity contribution is 7.10. The molecule has 180 valence electrons. The first-order valence-electron chi connectivity index (χ1n) is 11.8. The Labute approximate surface area is 201 Å². The number of carbonyl (C=O) groups is 2. The molecule has 2 aromatic rings. The van der Waals surface area contributed by atoms with E-state index in [1.54, 1.807) is 16.2 Å². The maximum Gasteiger partial charge on any atom is 0.328 e. The number of hydrogen-bond donors (Lipinski definition) is 1. The van der Waals surface area contributed by atoms with Crippen molar-refractivity contribution < 1.29 is 14.3 Å². The van der Waals surface area contributed by atoms with Crippen molar-refractivity contribution in [1.29, 1.82) is 0 Å². The number of benzene rings is 1. The number of nitrogens with zero attached hydrogens (tertiary/aromatic N) is 3. The quantitative estimate of drug-likeness (QED) is 0.562. The largest absolute Gasteiger partial charge is 0.467 e. The molecule has 1 aromatic carbocycles. The topological polar surface area (TPSA) is 74.8 Å². The first-order chi connectivity index (χ1) is 15.9. The van der Waals surface area contributed by atoms with E-state index in [0.29, 0.717) is 19.0 Å². The predicted molar refractivity (Wildman–Crippen MR) is 134 cm³/mol. The molecule has 1 saturated heterocycles. The summed E-state index contributed by atoms with van der Waals surface area (Å²) in [6, 6.07) is 7.78. The molecule has 1 aliphatic rings. The van der Waals surface area contributed by atoms with E-state index in [9.17, 15) is 9.59 Å². The summed E-state index contributed by atoms with van der Waals surface area (Å²) in [5.74, 6) is -0.0910. The summed E-state index contributed by atoms with van der Waals surface area (Å²) in [7, 11) is 1.34. The van der Waals surface area contributed by atoms with Gasteiger partial charge in [-0.3, -0.25) is 0 Å². The lowest BCUT2D eigenvalue weighted by Gasteiger charge is -2.32. The van der Waals surface area contributed by atoms with Crippen molar-refractivity contribution in [2.45, 2.75) is 52.5 Å². The van der Waals surface area contributed by atoms with Crippen molar-refractivity contribution in [2.24, 2.45) is 5.92 Å². The minimum atomic E-state index is -0.630.